The first-order valence-corrected chi connectivity index (χ1v) is 8.19. The van der Waals surface area contributed by atoms with Crippen molar-refractivity contribution in [1.29, 1.82) is 0 Å². The largest absolute Gasteiger partial charge is 0.508 e. The van der Waals surface area contributed by atoms with Crippen LogP contribution in [0.5, 0.6) is 0 Å². The van der Waals surface area contributed by atoms with Crippen LogP contribution in [0.4, 0.5) is 4.79 Å². The van der Waals surface area contributed by atoms with Gasteiger partial charge in [0.2, 0.25) is 0 Å². The number of unbranched alkanes of at least 4 members (excludes halogenated alkanes) is 3. The fourth-order valence-corrected chi connectivity index (χ4v) is 2.09. The fourth-order valence-electron chi connectivity index (χ4n) is 2.09. The quantitative estimate of drug-likeness (QED) is 0.418. The van der Waals surface area contributed by atoms with E-state index in [1.807, 2.05) is 19.0 Å². The molecule has 0 aliphatic heterocycles. The molecule has 0 aliphatic carbocycles. The van der Waals surface area contributed by atoms with Crippen molar-refractivity contribution in [2.24, 2.45) is 0 Å². The summed E-state index contributed by atoms with van der Waals surface area (Å²) in [4.78, 5) is 13.7. The van der Waals surface area contributed by atoms with Crippen molar-refractivity contribution in [2.45, 2.75) is 64.4 Å². The number of carbonyl (C=O) groups excluding carboxylic acids is 1. The molecule has 0 amide bonds. The molecule has 0 aromatic carbocycles. The molecule has 0 fully saturated rings. The molecular formula is C16H33NO4. The van der Waals surface area contributed by atoms with Crippen LogP contribution in [0.3, 0.4) is 0 Å². The Bertz CT molecular complexity index is 246. The molecule has 0 heterocycles. The molecule has 0 aromatic rings. The molecular weight excluding hydrogens is 270 g/mol. The third kappa shape index (κ3) is 13.9. The van der Waals surface area contributed by atoms with E-state index in [9.17, 15) is 4.79 Å². The topological polar surface area (TPSA) is 59.0 Å². The summed E-state index contributed by atoms with van der Waals surface area (Å²) in [5.41, 5.74) is 0. The minimum atomic E-state index is -0.577. The van der Waals surface area contributed by atoms with Gasteiger partial charge in [-0.15, -0.1) is 0 Å². The summed E-state index contributed by atoms with van der Waals surface area (Å²) in [6, 6.07) is 0. The number of nitrogens with zero attached hydrogens (tertiary/aromatic N) is 1. The van der Waals surface area contributed by atoms with E-state index in [0.29, 0.717) is 19.4 Å². The molecule has 0 saturated carbocycles. The summed E-state index contributed by atoms with van der Waals surface area (Å²) in [5, 5.41) is 8.91. The maximum Gasteiger partial charge on any atom is 0.508 e. The zero-order chi connectivity index (χ0) is 15.9. The fraction of sp³-hybridized carbons (Fsp3) is 0.938. The van der Waals surface area contributed by atoms with Crippen molar-refractivity contribution >= 4 is 6.16 Å². The van der Waals surface area contributed by atoms with Crippen molar-refractivity contribution in [1.82, 2.24) is 4.90 Å². The van der Waals surface area contributed by atoms with E-state index in [4.69, 9.17) is 14.6 Å². The Morgan fingerprint density at radius 2 is 1.81 bits per heavy atom. The average molecular weight is 303 g/mol. The summed E-state index contributed by atoms with van der Waals surface area (Å²) in [7, 11) is 3.97. The molecule has 0 saturated heterocycles. The Hall–Kier alpha value is -0.810. The molecule has 1 N–H and O–H groups in total. The predicted octanol–water partition coefficient (Wildman–Crippen LogP) is 3.20. The second-order valence-corrected chi connectivity index (χ2v) is 5.71. The normalized spacial score (nSPS) is 12.4. The lowest BCUT2D eigenvalue weighted by molar-refractivity contribution is 0.0138. The zero-order valence-corrected chi connectivity index (χ0v) is 14.0. The van der Waals surface area contributed by atoms with Gasteiger partial charge in [-0.1, -0.05) is 26.2 Å². The van der Waals surface area contributed by atoms with E-state index in [1.54, 1.807) is 0 Å². The van der Waals surface area contributed by atoms with Crippen LogP contribution >= 0.6 is 0 Å². The Kier molecular flexibility index (Phi) is 13.6. The number of aliphatic hydroxyl groups is 1. The standard InChI is InChI=1S/C16H33NO4/c1-4-5-6-7-10-15(11-8-13-18)21-16(19)20-14-9-12-17(2)3/h15,18H,4-14H2,1-3H3. The minimum absolute atomic E-state index is 0.129. The van der Waals surface area contributed by atoms with E-state index in [0.717, 1.165) is 32.2 Å². The van der Waals surface area contributed by atoms with Gasteiger partial charge in [0.25, 0.3) is 0 Å². The molecule has 5 heteroatoms. The van der Waals surface area contributed by atoms with Crippen LogP contribution in [-0.2, 0) is 9.47 Å². The van der Waals surface area contributed by atoms with E-state index < -0.39 is 6.16 Å². The Labute approximate surface area is 129 Å². The molecule has 0 aliphatic rings. The SMILES string of the molecule is CCCCCCC(CCCO)OC(=O)OCCCN(C)C. The molecule has 126 valence electrons. The summed E-state index contributed by atoms with van der Waals surface area (Å²) in [6.07, 6.45) is 6.93. The third-order valence-corrected chi connectivity index (χ3v) is 3.30. The lowest BCUT2D eigenvalue weighted by Gasteiger charge is -2.17. The lowest BCUT2D eigenvalue weighted by atomic mass is 10.1. The van der Waals surface area contributed by atoms with E-state index in [2.05, 4.69) is 6.92 Å². The molecule has 0 radical (unpaired) electrons. The first kappa shape index (κ1) is 20.2. The van der Waals surface area contributed by atoms with Gasteiger partial charge in [0.05, 0.1) is 6.61 Å². The van der Waals surface area contributed by atoms with Crippen molar-refractivity contribution in [3.05, 3.63) is 0 Å². The van der Waals surface area contributed by atoms with Crippen molar-refractivity contribution in [3.8, 4) is 0 Å². The van der Waals surface area contributed by atoms with Crippen molar-refractivity contribution in [3.63, 3.8) is 0 Å². The van der Waals surface area contributed by atoms with Gasteiger partial charge in [-0.05, 0) is 46.2 Å². The average Bonchev–Trinajstić information content (AvgIpc) is 2.45. The number of hydrogen-bond donors (Lipinski definition) is 1. The highest BCUT2D eigenvalue weighted by Crippen LogP contribution is 2.14. The second kappa shape index (κ2) is 14.1. The van der Waals surface area contributed by atoms with Crippen LogP contribution in [0.25, 0.3) is 0 Å². The number of aliphatic hydroxyl groups excluding tert-OH is 1. The van der Waals surface area contributed by atoms with Gasteiger partial charge in [-0.2, -0.15) is 0 Å². The van der Waals surface area contributed by atoms with Crippen molar-refractivity contribution in [2.75, 3.05) is 33.9 Å². The first-order valence-electron chi connectivity index (χ1n) is 8.19. The summed E-state index contributed by atoms with van der Waals surface area (Å²) < 4.78 is 10.4. The molecule has 1 atom stereocenters. The third-order valence-electron chi connectivity index (χ3n) is 3.30. The molecule has 5 nitrogen and oxygen atoms in total. The van der Waals surface area contributed by atoms with Crippen molar-refractivity contribution < 1.29 is 19.4 Å². The molecule has 0 rings (SSSR count). The summed E-state index contributed by atoms with van der Waals surface area (Å²) in [5.74, 6) is 0. The van der Waals surface area contributed by atoms with Crippen LogP contribution < -0.4 is 0 Å². The molecule has 0 spiro atoms. The number of rotatable bonds is 13. The van der Waals surface area contributed by atoms with Gasteiger partial charge in [0, 0.05) is 13.2 Å². The van der Waals surface area contributed by atoms with Gasteiger partial charge >= 0.3 is 6.16 Å². The predicted molar refractivity (Wildman–Crippen MR) is 84.5 cm³/mol. The Morgan fingerprint density at radius 1 is 1.10 bits per heavy atom. The molecule has 0 bridgehead atoms. The first-order chi connectivity index (χ1) is 10.1. The van der Waals surface area contributed by atoms with E-state index in [-0.39, 0.29) is 12.7 Å². The second-order valence-electron chi connectivity index (χ2n) is 5.71. The summed E-state index contributed by atoms with van der Waals surface area (Å²) in [6.45, 7) is 3.58. The van der Waals surface area contributed by atoms with Gasteiger partial charge < -0.3 is 19.5 Å². The van der Waals surface area contributed by atoms with Crippen LogP contribution in [0.1, 0.15) is 58.3 Å². The van der Waals surface area contributed by atoms with Gasteiger partial charge in [0.1, 0.15) is 6.10 Å². The summed E-state index contributed by atoms with van der Waals surface area (Å²) >= 11 is 0. The molecule has 0 aromatic heterocycles. The molecule has 1 unspecified atom stereocenters. The maximum atomic E-state index is 11.6. The Balaban J connectivity index is 3.87. The van der Waals surface area contributed by atoms with Gasteiger partial charge in [-0.3, -0.25) is 0 Å². The smallest absolute Gasteiger partial charge is 0.434 e. The van der Waals surface area contributed by atoms with Gasteiger partial charge in [-0.25, -0.2) is 4.79 Å². The zero-order valence-electron chi connectivity index (χ0n) is 14.0. The lowest BCUT2D eigenvalue weighted by Crippen LogP contribution is -2.21. The Morgan fingerprint density at radius 3 is 2.43 bits per heavy atom. The maximum absolute atomic E-state index is 11.6. The van der Waals surface area contributed by atoms with Crippen LogP contribution in [0, 0.1) is 0 Å². The van der Waals surface area contributed by atoms with Crippen LogP contribution in [-0.4, -0.2) is 56.1 Å². The highest BCUT2D eigenvalue weighted by atomic mass is 16.7. The monoisotopic (exact) mass is 303 g/mol. The number of ether oxygens (including phenoxy) is 2. The van der Waals surface area contributed by atoms with E-state index >= 15 is 0 Å². The van der Waals surface area contributed by atoms with E-state index in [1.165, 1.54) is 12.8 Å². The van der Waals surface area contributed by atoms with Gasteiger partial charge in [0.15, 0.2) is 0 Å². The minimum Gasteiger partial charge on any atom is -0.434 e. The molecule has 21 heavy (non-hydrogen) atoms. The number of hydrogen-bond acceptors (Lipinski definition) is 5. The number of carbonyl (C=O) groups is 1. The highest BCUT2D eigenvalue weighted by molar-refractivity contribution is 5.60. The highest BCUT2D eigenvalue weighted by Gasteiger charge is 2.15. The van der Waals surface area contributed by atoms with Crippen LogP contribution in [0.15, 0.2) is 0 Å². The van der Waals surface area contributed by atoms with Crippen LogP contribution in [0.2, 0.25) is 0 Å².